The Morgan fingerprint density at radius 3 is 2.90 bits per heavy atom. The number of imidazole rings is 1. The summed E-state index contributed by atoms with van der Waals surface area (Å²) in [5, 5.41) is 0. The quantitative estimate of drug-likeness (QED) is 0.544. The number of aromatic nitrogens is 2. The summed E-state index contributed by atoms with van der Waals surface area (Å²) in [6, 6.07) is 4.69. The third-order valence-electron chi connectivity index (χ3n) is 3.23. The number of ether oxygens (including phenoxy) is 1. The Hall–Kier alpha value is -1.13. The number of nitrogens with zero attached hydrogens (tertiary/aromatic N) is 2. The summed E-state index contributed by atoms with van der Waals surface area (Å²) in [6.45, 7) is 6.50. The fraction of sp³-hybridized carbons (Fsp3) is 0.562. The van der Waals surface area contributed by atoms with Crippen LogP contribution in [-0.4, -0.2) is 28.6 Å². The first kappa shape index (κ1) is 16.2. The van der Waals surface area contributed by atoms with Crippen molar-refractivity contribution in [2.45, 2.75) is 33.2 Å². The monoisotopic (exact) mass is 312 g/mol. The predicted octanol–water partition coefficient (Wildman–Crippen LogP) is 4.02. The lowest BCUT2D eigenvalue weighted by molar-refractivity contribution is 0.105. The van der Waals surface area contributed by atoms with Crippen molar-refractivity contribution in [3.63, 3.8) is 0 Å². The second-order valence-corrected chi connectivity index (χ2v) is 5.95. The first-order chi connectivity index (χ1) is 10.1. The van der Waals surface area contributed by atoms with Gasteiger partial charge in [0.15, 0.2) is 0 Å². The number of halogens is 2. The fourth-order valence-corrected chi connectivity index (χ4v) is 2.48. The van der Waals surface area contributed by atoms with Crippen LogP contribution in [0.1, 0.15) is 26.1 Å². The summed E-state index contributed by atoms with van der Waals surface area (Å²) in [6.07, 6.45) is 1.56. The molecular weight excluding hydrogens is 291 g/mol. The zero-order chi connectivity index (χ0) is 15.2. The number of benzene rings is 1. The average molecular weight is 313 g/mol. The molecule has 21 heavy (non-hydrogen) atoms. The summed E-state index contributed by atoms with van der Waals surface area (Å²) < 4.78 is 21.1. The maximum Gasteiger partial charge on any atom is 0.125 e. The molecule has 0 aliphatic heterocycles. The third kappa shape index (κ3) is 4.42. The van der Waals surface area contributed by atoms with Crippen molar-refractivity contribution < 1.29 is 9.13 Å². The lowest BCUT2D eigenvalue weighted by Gasteiger charge is -2.10. The number of aryl methyl sites for hydroxylation is 2. The lowest BCUT2D eigenvalue weighted by atomic mass is 10.2. The highest BCUT2D eigenvalue weighted by atomic mass is 35.5. The first-order valence-corrected chi connectivity index (χ1v) is 7.93. The molecule has 2 rings (SSSR count). The van der Waals surface area contributed by atoms with Crippen LogP contribution < -0.4 is 0 Å². The van der Waals surface area contributed by atoms with Crippen molar-refractivity contribution in [2.75, 3.05) is 19.1 Å². The van der Waals surface area contributed by atoms with Gasteiger partial charge in [-0.3, -0.25) is 0 Å². The van der Waals surface area contributed by atoms with Crippen LogP contribution in [0.4, 0.5) is 4.39 Å². The largest absolute Gasteiger partial charge is 0.381 e. The van der Waals surface area contributed by atoms with Crippen molar-refractivity contribution in [2.24, 2.45) is 5.92 Å². The molecule has 0 amide bonds. The molecule has 0 N–H and O–H groups in total. The molecule has 1 aromatic carbocycles. The van der Waals surface area contributed by atoms with Crippen LogP contribution >= 0.6 is 11.6 Å². The number of rotatable bonds is 8. The maximum absolute atomic E-state index is 13.5. The van der Waals surface area contributed by atoms with Gasteiger partial charge in [-0.1, -0.05) is 13.8 Å². The van der Waals surface area contributed by atoms with E-state index in [1.54, 1.807) is 6.07 Å². The van der Waals surface area contributed by atoms with Crippen molar-refractivity contribution in [1.82, 2.24) is 9.55 Å². The van der Waals surface area contributed by atoms with E-state index in [0.717, 1.165) is 36.4 Å². The van der Waals surface area contributed by atoms with E-state index in [4.69, 9.17) is 16.3 Å². The molecule has 2 aromatic rings. The SMILES string of the molecule is CC(C)COCCCn1c(CCCl)nc2ccc(F)cc21. The summed E-state index contributed by atoms with van der Waals surface area (Å²) >= 11 is 5.83. The molecule has 0 fully saturated rings. The Kier molecular flexibility index (Phi) is 6.00. The fourth-order valence-electron chi connectivity index (χ4n) is 2.31. The Labute approximate surface area is 130 Å². The topological polar surface area (TPSA) is 27.1 Å². The highest BCUT2D eigenvalue weighted by molar-refractivity contribution is 6.17. The molecule has 3 nitrogen and oxygen atoms in total. The molecule has 5 heteroatoms. The molecule has 0 radical (unpaired) electrons. The second kappa shape index (κ2) is 7.76. The summed E-state index contributed by atoms with van der Waals surface area (Å²) in [7, 11) is 0. The predicted molar refractivity (Wildman–Crippen MR) is 84.4 cm³/mol. The Bertz CT molecular complexity index is 583. The van der Waals surface area contributed by atoms with Gasteiger partial charge in [-0.25, -0.2) is 9.37 Å². The maximum atomic E-state index is 13.5. The van der Waals surface area contributed by atoms with Crippen LogP contribution in [0.2, 0.25) is 0 Å². The highest BCUT2D eigenvalue weighted by Gasteiger charge is 2.11. The van der Waals surface area contributed by atoms with Gasteiger partial charge < -0.3 is 9.30 Å². The van der Waals surface area contributed by atoms with Crippen LogP contribution in [0.25, 0.3) is 11.0 Å². The Morgan fingerprint density at radius 2 is 2.19 bits per heavy atom. The molecule has 0 atom stereocenters. The molecule has 116 valence electrons. The minimum absolute atomic E-state index is 0.239. The van der Waals surface area contributed by atoms with Crippen LogP contribution in [0.5, 0.6) is 0 Å². The zero-order valence-electron chi connectivity index (χ0n) is 12.6. The molecule has 0 aliphatic rings. The van der Waals surface area contributed by atoms with Crippen molar-refractivity contribution in [3.8, 4) is 0 Å². The molecule has 0 bridgehead atoms. The van der Waals surface area contributed by atoms with Gasteiger partial charge >= 0.3 is 0 Å². The van der Waals surface area contributed by atoms with Gasteiger partial charge in [0.05, 0.1) is 11.0 Å². The molecule has 1 aromatic heterocycles. The molecular formula is C16H22ClFN2O. The van der Waals surface area contributed by atoms with Gasteiger partial charge in [-0.15, -0.1) is 11.6 Å². The van der Waals surface area contributed by atoms with Gasteiger partial charge in [0, 0.05) is 32.1 Å². The highest BCUT2D eigenvalue weighted by Crippen LogP contribution is 2.19. The smallest absolute Gasteiger partial charge is 0.125 e. The average Bonchev–Trinajstić information content (AvgIpc) is 2.76. The Balaban J connectivity index is 2.08. The number of fused-ring (bicyclic) bond motifs is 1. The van der Waals surface area contributed by atoms with Crippen molar-refractivity contribution >= 4 is 22.6 Å². The van der Waals surface area contributed by atoms with E-state index < -0.39 is 0 Å². The molecule has 1 heterocycles. The van der Waals surface area contributed by atoms with E-state index in [1.807, 2.05) is 0 Å². The van der Waals surface area contributed by atoms with Crippen LogP contribution in [0.3, 0.4) is 0 Å². The molecule has 0 unspecified atom stereocenters. The van der Waals surface area contributed by atoms with Gasteiger partial charge in [-0.2, -0.15) is 0 Å². The summed E-state index contributed by atoms with van der Waals surface area (Å²) in [4.78, 5) is 4.54. The zero-order valence-corrected chi connectivity index (χ0v) is 13.4. The van der Waals surface area contributed by atoms with Gasteiger partial charge in [-0.05, 0) is 30.5 Å². The molecule has 0 aliphatic carbocycles. The van der Waals surface area contributed by atoms with E-state index >= 15 is 0 Å². The van der Waals surface area contributed by atoms with E-state index in [9.17, 15) is 4.39 Å². The molecule has 0 spiro atoms. The number of hydrogen-bond acceptors (Lipinski definition) is 2. The first-order valence-electron chi connectivity index (χ1n) is 7.40. The molecule has 0 saturated carbocycles. The normalized spacial score (nSPS) is 11.7. The van der Waals surface area contributed by atoms with Crippen LogP contribution in [0, 0.1) is 11.7 Å². The van der Waals surface area contributed by atoms with E-state index in [0.29, 0.717) is 24.8 Å². The lowest BCUT2D eigenvalue weighted by Crippen LogP contribution is -2.09. The van der Waals surface area contributed by atoms with Crippen LogP contribution in [-0.2, 0) is 17.7 Å². The summed E-state index contributed by atoms with van der Waals surface area (Å²) in [5.41, 5.74) is 1.65. The van der Waals surface area contributed by atoms with E-state index in [-0.39, 0.29) is 5.82 Å². The van der Waals surface area contributed by atoms with E-state index in [1.165, 1.54) is 12.1 Å². The van der Waals surface area contributed by atoms with Gasteiger partial charge in [0.2, 0.25) is 0 Å². The number of hydrogen-bond donors (Lipinski definition) is 0. The summed E-state index contributed by atoms with van der Waals surface area (Å²) in [5.74, 6) is 1.72. The van der Waals surface area contributed by atoms with Crippen molar-refractivity contribution in [3.05, 3.63) is 29.8 Å². The van der Waals surface area contributed by atoms with E-state index in [2.05, 4.69) is 23.4 Å². The second-order valence-electron chi connectivity index (χ2n) is 5.57. The minimum Gasteiger partial charge on any atom is -0.381 e. The van der Waals surface area contributed by atoms with Gasteiger partial charge in [0.25, 0.3) is 0 Å². The molecule has 0 saturated heterocycles. The minimum atomic E-state index is -0.239. The third-order valence-corrected chi connectivity index (χ3v) is 3.42. The van der Waals surface area contributed by atoms with Gasteiger partial charge in [0.1, 0.15) is 11.6 Å². The Morgan fingerprint density at radius 1 is 1.38 bits per heavy atom. The van der Waals surface area contributed by atoms with Crippen LogP contribution in [0.15, 0.2) is 18.2 Å². The van der Waals surface area contributed by atoms with Crippen molar-refractivity contribution in [1.29, 1.82) is 0 Å². The standard InChI is InChI=1S/C16H22ClFN2O/c1-12(2)11-21-9-3-8-20-15-10-13(18)4-5-14(15)19-16(20)6-7-17/h4-5,10,12H,3,6-9,11H2,1-2H3. The number of alkyl halides is 1.